The zero-order valence-electron chi connectivity index (χ0n) is 17.3. The summed E-state index contributed by atoms with van der Waals surface area (Å²) >= 11 is 0. The number of rotatable bonds is 6. The fourth-order valence-electron chi connectivity index (χ4n) is 3.71. The van der Waals surface area contributed by atoms with E-state index >= 15 is 0 Å². The van der Waals surface area contributed by atoms with Gasteiger partial charge in [-0.2, -0.15) is 4.98 Å². The number of nitrogens with zero attached hydrogens (tertiary/aromatic N) is 4. The van der Waals surface area contributed by atoms with Gasteiger partial charge in [-0.3, -0.25) is 4.79 Å². The van der Waals surface area contributed by atoms with Gasteiger partial charge in [0.15, 0.2) is 11.6 Å². The minimum atomic E-state index is -0.503. The van der Waals surface area contributed by atoms with Crippen molar-refractivity contribution in [2.75, 3.05) is 13.1 Å². The van der Waals surface area contributed by atoms with E-state index in [1.165, 1.54) is 18.3 Å². The number of likely N-dealkylation sites (tertiary alicyclic amines) is 1. The van der Waals surface area contributed by atoms with E-state index in [2.05, 4.69) is 15.0 Å². The Bertz CT molecular complexity index is 1250. The summed E-state index contributed by atoms with van der Waals surface area (Å²) in [6, 6.07) is 13.8. The molecule has 3 heterocycles. The van der Waals surface area contributed by atoms with Crippen LogP contribution in [0.5, 0.6) is 11.8 Å². The molecule has 7 nitrogen and oxygen atoms in total. The van der Waals surface area contributed by atoms with Gasteiger partial charge in [0, 0.05) is 25.1 Å². The highest BCUT2D eigenvalue weighted by molar-refractivity contribution is 5.76. The average molecular weight is 432 g/mol. The van der Waals surface area contributed by atoms with Gasteiger partial charge in [-0.1, -0.05) is 24.3 Å². The molecule has 0 atom stereocenters. The van der Waals surface area contributed by atoms with Crippen molar-refractivity contribution in [2.45, 2.75) is 25.7 Å². The summed E-state index contributed by atoms with van der Waals surface area (Å²) in [7, 11) is 0. The number of aromatic nitrogens is 3. The number of halogens is 1. The Morgan fingerprint density at radius 1 is 1.06 bits per heavy atom. The Labute approximate surface area is 183 Å². The molecule has 1 amide bonds. The van der Waals surface area contributed by atoms with Crippen LogP contribution in [-0.4, -0.2) is 38.8 Å². The summed E-state index contributed by atoms with van der Waals surface area (Å²) in [5, 5.41) is 0. The lowest BCUT2D eigenvalue weighted by Gasteiger charge is -2.14. The van der Waals surface area contributed by atoms with Gasteiger partial charge in [0.2, 0.25) is 11.8 Å². The van der Waals surface area contributed by atoms with Gasteiger partial charge in [-0.25, -0.2) is 14.4 Å². The van der Waals surface area contributed by atoms with Crippen LogP contribution in [-0.2, 0) is 11.2 Å². The minimum Gasteiger partial charge on any atom is -0.421 e. The molecule has 32 heavy (non-hydrogen) atoms. The molecule has 1 aliphatic heterocycles. The lowest BCUT2D eigenvalue weighted by atomic mass is 10.1. The van der Waals surface area contributed by atoms with Crippen LogP contribution in [0.1, 0.15) is 24.8 Å². The number of hydrogen-bond donors (Lipinski definition) is 0. The number of carbonyl (C=O) groups excluding carboxylic acids is 1. The van der Waals surface area contributed by atoms with E-state index in [0.717, 1.165) is 37.1 Å². The Hall–Kier alpha value is -3.81. The van der Waals surface area contributed by atoms with E-state index in [-0.39, 0.29) is 23.4 Å². The molecule has 162 valence electrons. The predicted molar refractivity (Wildman–Crippen MR) is 116 cm³/mol. The number of amides is 1. The maximum atomic E-state index is 13.8. The van der Waals surface area contributed by atoms with Crippen LogP contribution >= 0.6 is 0 Å². The van der Waals surface area contributed by atoms with Crippen molar-refractivity contribution in [1.29, 1.82) is 0 Å². The lowest BCUT2D eigenvalue weighted by Crippen LogP contribution is -2.27. The van der Waals surface area contributed by atoms with Crippen molar-refractivity contribution in [3.8, 4) is 23.2 Å². The number of fused-ring (bicyclic) bond motifs is 1. The van der Waals surface area contributed by atoms with Gasteiger partial charge in [-0.15, -0.1) is 0 Å². The second kappa shape index (κ2) is 8.74. The summed E-state index contributed by atoms with van der Waals surface area (Å²) in [6.07, 6.45) is 4.90. The third-order valence-corrected chi connectivity index (χ3v) is 5.45. The highest BCUT2D eigenvalue weighted by Gasteiger charge is 2.17. The topological polar surface area (TPSA) is 81.3 Å². The Morgan fingerprint density at radius 2 is 1.84 bits per heavy atom. The maximum absolute atomic E-state index is 13.8. The highest BCUT2D eigenvalue weighted by Crippen LogP contribution is 2.26. The number of hydrogen-bond acceptors (Lipinski definition) is 6. The van der Waals surface area contributed by atoms with Crippen molar-refractivity contribution in [1.82, 2.24) is 19.9 Å². The van der Waals surface area contributed by atoms with E-state index in [0.29, 0.717) is 24.2 Å². The molecule has 2 aromatic carbocycles. The van der Waals surface area contributed by atoms with Crippen LogP contribution in [0.25, 0.3) is 22.7 Å². The molecule has 0 bridgehead atoms. The fourth-order valence-corrected chi connectivity index (χ4v) is 3.71. The lowest BCUT2D eigenvalue weighted by molar-refractivity contribution is -0.130. The van der Waals surface area contributed by atoms with E-state index in [1.807, 2.05) is 29.2 Å². The summed E-state index contributed by atoms with van der Waals surface area (Å²) in [4.78, 5) is 26.9. The highest BCUT2D eigenvalue weighted by atomic mass is 19.1. The second-order valence-electron chi connectivity index (χ2n) is 7.68. The Morgan fingerprint density at radius 3 is 2.62 bits per heavy atom. The minimum absolute atomic E-state index is 0.0247. The van der Waals surface area contributed by atoms with Gasteiger partial charge < -0.3 is 14.1 Å². The molecule has 0 spiro atoms. The summed E-state index contributed by atoms with van der Waals surface area (Å²) in [5.41, 5.74) is 2.59. The van der Waals surface area contributed by atoms with Crippen molar-refractivity contribution >= 4 is 17.1 Å². The van der Waals surface area contributed by atoms with Crippen LogP contribution in [0.3, 0.4) is 0 Å². The van der Waals surface area contributed by atoms with Gasteiger partial charge in [-0.05, 0) is 49.1 Å². The Balaban J connectivity index is 1.28. The molecule has 0 unspecified atom stereocenters. The van der Waals surface area contributed by atoms with Crippen LogP contribution < -0.4 is 4.74 Å². The van der Waals surface area contributed by atoms with Crippen LogP contribution in [0, 0.1) is 5.82 Å². The largest absolute Gasteiger partial charge is 0.421 e. The second-order valence-corrected chi connectivity index (χ2v) is 7.68. The van der Waals surface area contributed by atoms with Crippen molar-refractivity contribution in [2.24, 2.45) is 0 Å². The third-order valence-electron chi connectivity index (χ3n) is 5.45. The first kappa shape index (κ1) is 20.1. The SMILES string of the molecule is O=C(CCc1ccc(-c2nc3cnc(Oc4ccccc4F)nc3o2)cc1)N1CCCC1. The molecule has 2 aromatic heterocycles. The number of benzene rings is 2. The average Bonchev–Trinajstić information content (AvgIpc) is 3.49. The van der Waals surface area contributed by atoms with Crippen molar-refractivity contribution in [3.05, 3.63) is 66.1 Å². The van der Waals surface area contributed by atoms with Gasteiger partial charge in [0.05, 0.1) is 6.20 Å². The standard InChI is InChI=1S/C24H21FN4O3/c25-18-5-1-2-6-20(18)31-24-26-15-19-23(28-24)32-22(27-19)17-10-7-16(8-11-17)9-12-21(30)29-13-3-4-14-29/h1-2,5-8,10-11,15H,3-4,9,12-14H2. The van der Waals surface area contributed by atoms with Crippen molar-refractivity contribution < 1.29 is 18.3 Å². The summed E-state index contributed by atoms with van der Waals surface area (Å²) in [6.45, 7) is 1.76. The quantitative estimate of drug-likeness (QED) is 0.437. The molecule has 1 aliphatic rings. The van der Waals surface area contributed by atoms with Crippen LogP contribution in [0.2, 0.25) is 0 Å². The number of ether oxygens (including phenoxy) is 1. The zero-order valence-corrected chi connectivity index (χ0v) is 17.3. The van der Waals surface area contributed by atoms with E-state index in [1.54, 1.807) is 12.1 Å². The molecule has 0 radical (unpaired) electrons. The molecule has 1 saturated heterocycles. The molecular weight excluding hydrogens is 411 g/mol. The van der Waals surface area contributed by atoms with Gasteiger partial charge in [0.1, 0.15) is 5.52 Å². The van der Waals surface area contributed by atoms with Gasteiger partial charge in [0.25, 0.3) is 5.71 Å². The first-order valence-corrected chi connectivity index (χ1v) is 10.6. The third kappa shape index (κ3) is 4.30. The number of carbonyl (C=O) groups is 1. The monoisotopic (exact) mass is 432 g/mol. The molecule has 0 N–H and O–H groups in total. The molecule has 0 aliphatic carbocycles. The first-order chi connectivity index (χ1) is 15.7. The van der Waals surface area contributed by atoms with Gasteiger partial charge >= 0.3 is 6.01 Å². The molecular formula is C24H21FN4O3. The number of para-hydroxylation sites is 1. The zero-order chi connectivity index (χ0) is 21.9. The van der Waals surface area contributed by atoms with Crippen molar-refractivity contribution in [3.63, 3.8) is 0 Å². The molecule has 0 saturated carbocycles. The maximum Gasteiger partial charge on any atom is 0.325 e. The predicted octanol–water partition coefficient (Wildman–Crippen LogP) is 4.77. The number of aryl methyl sites for hydroxylation is 1. The number of oxazole rings is 1. The first-order valence-electron chi connectivity index (χ1n) is 10.6. The van der Waals surface area contributed by atoms with Crippen LogP contribution in [0.15, 0.2) is 59.1 Å². The smallest absolute Gasteiger partial charge is 0.325 e. The van der Waals surface area contributed by atoms with E-state index < -0.39 is 5.82 Å². The Kier molecular flexibility index (Phi) is 5.49. The molecule has 1 fully saturated rings. The van der Waals surface area contributed by atoms with E-state index in [9.17, 15) is 9.18 Å². The molecule has 5 rings (SSSR count). The molecule has 8 heteroatoms. The van der Waals surface area contributed by atoms with Crippen LogP contribution in [0.4, 0.5) is 4.39 Å². The fraction of sp³-hybridized carbons (Fsp3) is 0.250. The molecule has 4 aromatic rings. The normalized spacial score (nSPS) is 13.6. The summed E-state index contributed by atoms with van der Waals surface area (Å²) in [5.74, 6) is 0.150. The van der Waals surface area contributed by atoms with E-state index in [4.69, 9.17) is 9.15 Å². The summed E-state index contributed by atoms with van der Waals surface area (Å²) < 4.78 is 25.0.